The topological polar surface area (TPSA) is 75.7 Å². The maximum Gasteiger partial charge on any atom is 0.299 e. The lowest BCUT2D eigenvalue weighted by molar-refractivity contribution is -0.122. The number of aryl methyl sites for hydroxylation is 1. The van der Waals surface area contributed by atoms with Crippen LogP contribution in [-0.2, 0) is 14.3 Å². The molecule has 6 heteroatoms. The van der Waals surface area contributed by atoms with Crippen LogP contribution in [0.1, 0.15) is 22.3 Å². The SMILES string of the molecule is COCCCNC(=O)CN1C(=O)C(=O)c2cccc(C)c21. The Morgan fingerprint density at radius 1 is 1.33 bits per heavy atom. The van der Waals surface area contributed by atoms with Gasteiger partial charge in [-0.3, -0.25) is 19.3 Å². The van der Waals surface area contributed by atoms with E-state index in [2.05, 4.69) is 5.32 Å². The van der Waals surface area contributed by atoms with Gasteiger partial charge in [0.25, 0.3) is 11.7 Å². The fourth-order valence-corrected chi connectivity index (χ4v) is 2.33. The van der Waals surface area contributed by atoms with Crippen LogP contribution in [0.5, 0.6) is 0 Å². The van der Waals surface area contributed by atoms with Crippen LogP contribution in [0.2, 0.25) is 0 Å². The van der Waals surface area contributed by atoms with Crippen LogP contribution in [0.3, 0.4) is 0 Å². The highest BCUT2D eigenvalue weighted by molar-refractivity contribution is 6.52. The van der Waals surface area contributed by atoms with Crippen molar-refractivity contribution < 1.29 is 19.1 Å². The zero-order chi connectivity index (χ0) is 15.4. The van der Waals surface area contributed by atoms with E-state index in [4.69, 9.17) is 4.74 Å². The number of ketones is 1. The third kappa shape index (κ3) is 3.11. The molecule has 1 aromatic rings. The van der Waals surface area contributed by atoms with Gasteiger partial charge in [0, 0.05) is 20.3 Å². The zero-order valence-electron chi connectivity index (χ0n) is 12.1. The molecule has 1 heterocycles. The van der Waals surface area contributed by atoms with E-state index in [0.717, 1.165) is 5.56 Å². The summed E-state index contributed by atoms with van der Waals surface area (Å²) in [6, 6.07) is 5.15. The summed E-state index contributed by atoms with van der Waals surface area (Å²) in [7, 11) is 1.59. The predicted molar refractivity (Wildman–Crippen MR) is 77.4 cm³/mol. The molecule has 2 rings (SSSR count). The standard InChI is InChI=1S/C15H18N2O4/c1-10-5-3-6-11-13(10)17(15(20)14(11)19)9-12(18)16-7-4-8-21-2/h3,5-6H,4,7-9H2,1-2H3,(H,16,18). The summed E-state index contributed by atoms with van der Waals surface area (Å²) >= 11 is 0. The smallest absolute Gasteiger partial charge is 0.299 e. The van der Waals surface area contributed by atoms with Crippen molar-refractivity contribution in [1.29, 1.82) is 0 Å². The molecular weight excluding hydrogens is 272 g/mol. The van der Waals surface area contributed by atoms with Gasteiger partial charge in [-0.25, -0.2) is 0 Å². The highest BCUT2D eigenvalue weighted by Gasteiger charge is 2.37. The number of Topliss-reactive ketones (excluding diaryl/α,β-unsaturated/α-hetero) is 1. The minimum atomic E-state index is -0.647. The van der Waals surface area contributed by atoms with Gasteiger partial charge in [0.15, 0.2) is 0 Å². The quantitative estimate of drug-likeness (QED) is 0.617. The van der Waals surface area contributed by atoms with Gasteiger partial charge in [0.2, 0.25) is 5.91 Å². The third-order valence-corrected chi connectivity index (χ3v) is 3.34. The monoisotopic (exact) mass is 290 g/mol. The van der Waals surface area contributed by atoms with Crippen molar-refractivity contribution in [3.8, 4) is 0 Å². The molecule has 0 saturated heterocycles. The van der Waals surface area contributed by atoms with Gasteiger partial charge in [-0.15, -0.1) is 0 Å². The molecule has 0 radical (unpaired) electrons. The first-order valence-electron chi connectivity index (χ1n) is 6.77. The minimum Gasteiger partial charge on any atom is -0.385 e. The van der Waals surface area contributed by atoms with Crippen LogP contribution < -0.4 is 10.2 Å². The fourth-order valence-electron chi connectivity index (χ4n) is 2.33. The fraction of sp³-hybridized carbons (Fsp3) is 0.400. The summed E-state index contributed by atoms with van der Waals surface area (Å²) in [6.45, 7) is 2.70. The molecule has 0 unspecified atom stereocenters. The lowest BCUT2D eigenvalue weighted by Gasteiger charge is -2.17. The number of benzene rings is 1. The minimum absolute atomic E-state index is 0.143. The average Bonchev–Trinajstić information content (AvgIpc) is 2.70. The van der Waals surface area contributed by atoms with Crippen molar-refractivity contribution >= 4 is 23.3 Å². The summed E-state index contributed by atoms with van der Waals surface area (Å²) in [4.78, 5) is 37.0. The molecule has 0 aromatic heterocycles. The first kappa shape index (κ1) is 15.2. The first-order valence-corrected chi connectivity index (χ1v) is 6.77. The van der Waals surface area contributed by atoms with Gasteiger partial charge >= 0.3 is 0 Å². The Morgan fingerprint density at radius 3 is 2.81 bits per heavy atom. The molecule has 1 aromatic carbocycles. The van der Waals surface area contributed by atoms with Crippen molar-refractivity contribution in [3.63, 3.8) is 0 Å². The number of amides is 2. The Balaban J connectivity index is 2.06. The molecule has 1 aliphatic heterocycles. The van der Waals surface area contributed by atoms with Crippen molar-refractivity contribution in [2.24, 2.45) is 0 Å². The maximum absolute atomic E-state index is 12.0. The van der Waals surface area contributed by atoms with Crippen molar-refractivity contribution in [2.45, 2.75) is 13.3 Å². The molecule has 21 heavy (non-hydrogen) atoms. The number of rotatable bonds is 6. The number of hydrogen-bond donors (Lipinski definition) is 1. The molecule has 1 N–H and O–H groups in total. The molecule has 0 aliphatic carbocycles. The summed E-state index contributed by atoms with van der Waals surface area (Å²) in [5, 5.41) is 2.71. The van der Waals surface area contributed by atoms with E-state index in [-0.39, 0.29) is 12.5 Å². The number of hydrogen-bond acceptors (Lipinski definition) is 4. The van der Waals surface area contributed by atoms with Gasteiger partial charge in [-0.05, 0) is 25.0 Å². The van der Waals surface area contributed by atoms with E-state index in [1.165, 1.54) is 4.90 Å². The number of ether oxygens (including phenoxy) is 1. The number of carbonyl (C=O) groups excluding carboxylic acids is 3. The van der Waals surface area contributed by atoms with E-state index in [0.29, 0.717) is 30.8 Å². The van der Waals surface area contributed by atoms with Crippen LogP contribution in [0.25, 0.3) is 0 Å². The van der Waals surface area contributed by atoms with Crippen LogP contribution in [0, 0.1) is 6.92 Å². The Morgan fingerprint density at radius 2 is 2.10 bits per heavy atom. The van der Waals surface area contributed by atoms with Crippen molar-refractivity contribution in [3.05, 3.63) is 29.3 Å². The molecule has 0 bridgehead atoms. The Labute approximate surface area is 123 Å². The van der Waals surface area contributed by atoms with Crippen LogP contribution >= 0.6 is 0 Å². The van der Waals surface area contributed by atoms with Crippen LogP contribution in [0.15, 0.2) is 18.2 Å². The normalized spacial score (nSPS) is 13.5. The van der Waals surface area contributed by atoms with Crippen LogP contribution in [0.4, 0.5) is 5.69 Å². The number of anilines is 1. The largest absolute Gasteiger partial charge is 0.385 e. The van der Waals surface area contributed by atoms with Crippen molar-refractivity contribution in [1.82, 2.24) is 5.32 Å². The predicted octanol–water partition coefficient (Wildman–Crippen LogP) is 0.677. The van der Waals surface area contributed by atoms with Gasteiger partial charge in [0.1, 0.15) is 6.54 Å². The average molecular weight is 290 g/mol. The summed E-state index contributed by atoms with van der Waals surface area (Å²) in [5.41, 5.74) is 1.71. The third-order valence-electron chi connectivity index (χ3n) is 3.34. The Kier molecular flexibility index (Phi) is 4.70. The first-order chi connectivity index (χ1) is 10.1. The van der Waals surface area contributed by atoms with Gasteiger partial charge in [-0.1, -0.05) is 12.1 Å². The summed E-state index contributed by atoms with van der Waals surface area (Å²) < 4.78 is 4.89. The van der Waals surface area contributed by atoms with E-state index in [1.807, 2.05) is 13.0 Å². The van der Waals surface area contributed by atoms with Gasteiger partial charge in [-0.2, -0.15) is 0 Å². The number of para-hydroxylation sites is 1. The van der Waals surface area contributed by atoms with Gasteiger partial charge in [0.05, 0.1) is 11.3 Å². The number of fused-ring (bicyclic) bond motifs is 1. The summed E-state index contributed by atoms with van der Waals surface area (Å²) in [5.74, 6) is -1.49. The second-order valence-corrected chi connectivity index (χ2v) is 4.89. The molecule has 0 saturated carbocycles. The molecule has 0 atom stereocenters. The second kappa shape index (κ2) is 6.49. The highest BCUT2D eigenvalue weighted by atomic mass is 16.5. The van der Waals surface area contributed by atoms with Crippen LogP contribution in [-0.4, -0.2) is 44.4 Å². The lowest BCUT2D eigenvalue weighted by atomic mass is 10.1. The van der Waals surface area contributed by atoms with E-state index in [9.17, 15) is 14.4 Å². The molecule has 6 nitrogen and oxygen atoms in total. The number of methoxy groups -OCH3 is 1. The highest BCUT2D eigenvalue weighted by Crippen LogP contribution is 2.31. The van der Waals surface area contributed by atoms with E-state index >= 15 is 0 Å². The molecule has 2 amide bonds. The maximum atomic E-state index is 12.0. The number of nitrogens with one attached hydrogen (secondary N) is 1. The molecule has 112 valence electrons. The molecule has 0 fully saturated rings. The van der Waals surface area contributed by atoms with E-state index in [1.54, 1.807) is 19.2 Å². The molecule has 1 aliphatic rings. The lowest BCUT2D eigenvalue weighted by Crippen LogP contribution is -2.40. The number of nitrogens with zero attached hydrogens (tertiary/aromatic N) is 1. The Bertz CT molecular complexity index is 583. The van der Waals surface area contributed by atoms with Crippen molar-refractivity contribution in [2.75, 3.05) is 31.7 Å². The molecular formula is C15H18N2O4. The zero-order valence-corrected chi connectivity index (χ0v) is 12.1. The number of carbonyl (C=O) groups is 3. The summed E-state index contributed by atoms with van der Waals surface area (Å²) in [6.07, 6.45) is 0.699. The van der Waals surface area contributed by atoms with Gasteiger partial charge < -0.3 is 10.1 Å². The van der Waals surface area contributed by atoms with E-state index < -0.39 is 11.7 Å². The Hall–Kier alpha value is -2.21. The second-order valence-electron chi connectivity index (χ2n) is 4.89. The molecule has 0 spiro atoms.